The monoisotopic (exact) mass is 441 g/mol. The van der Waals surface area contributed by atoms with Gasteiger partial charge in [0.2, 0.25) is 0 Å². The summed E-state index contributed by atoms with van der Waals surface area (Å²) in [6.45, 7) is 4.98. The molecule has 1 aromatic carbocycles. The van der Waals surface area contributed by atoms with Gasteiger partial charge in [0, 0.05) is 19.6 Å². The van der Waals surface area contributed by atoms with Gasteiger partial charge in [-0.2, -0.15) is 13.2 Å². The van der Waals surface area contributed by atoms with Crippen molar-refractivity contribution in [1.29, 1.82) is 0 Å². The van der Waals surface area contributed by atoms with E-state index in [1.807, 2.05) is 6.92 Å². The summed E-state index contributed by atoms with van der Waals surface area (Å²) in [7, 11) is 0. The Labute approximate surface area is 170 Å². The van der Waals surface area contributed by atoms with Gasteiger partial charge < -0.3 is 20.1 Å². The van der Waals surface area contributed by atoms with Gasteiger partial charge in [0.15, 0.2) is 0 Å². The van der Waals surface area contributed by atoms with E-state index in [0.29, 0.717) is 17.4 Å². The zero-order valence-corrected chi connectivity index (χ0v) is 16.5. The molecule has 1 fully saturated rings. The molecular weight excluding hydrogens is 419 g/mol. The Bertz CT molecular complexity index is 705. The Morgan fingerprint density at radius 3 is 2.21 bits per heavy atom. The molecule has 0 aromatic heterocycles. The SMILES string of the molecule is CCC1(O)CCN(CCOc2ccc(C(=O)O)cc2Cl)CC1.O=C(O)C(F)(F)F. The van der Waals surface area contributed by atoms with Crippen LogP contribution in [-0.2, 0) is 4.79 Å². The molecule has 0 aliphatic carbocycles. The van der Waals surface area contributed by atoms with Gasteiger partial charge in [-0.25, -0.2) is 9.59 Å². The van der Waals surface area contributed by atoms with Crippen molar-refractivity contribution in [2.45, 2.75) is 38.0 Å². The second-order valence-corrected chi connectivity index (χ2v) is 6.93. The topological polar surface area (TPSA) is 107 Å². The molecule has 0 spiro atoms. The lowest BCUT2D eigenvalue weighted by molar-refractivity contribution is -0.192. The number of alkyl halides is 3. The van der Waals surface area contributed by atoms with Gasteiger partial charge in [-0.1, -0.05) is 18.5 Å². The van der Waals surface area contributed by atoms with Crippen molar-refractivity contribution in [2.24, 2.45) is 0 Å². The van der Waals surface area contributed by atoms with Crippen LogP contribution in [-0.4, -0.2) is 70.2 Å². The predicted molar refractivity (Wildman–Crippen MR) is 98.5 cm³/mol. The summed E-state index contributed by atoms with van der Waals surface area (Å²) in [6.07, 6.45) is -2.71. The fourth-order valence-corrected chi connectivity index (χ4v) is 2.82. The van der Waals surface area contributed by atoms with E-state index in [2.05, 4.69) is 4.90 Å². The molecule has 1 aromatic rings. The van der Waals surface area contributed by atoms with E-state index in [1.54, 1.807) is 6.07 Å². The van der Waals surface area contributed by atoms with Crippen LogP contribution < -0.4 is 4.74 Å². The normalized spacial score (nSPS) is 16.5. The third-order valence-corrected chi connectivity index (χ3v) is 4.83. The number of benzene rings is 1. The Morgan fingerprint density at radius 1 is 1.24 bits per heavy atom. The van der Waals surface area contributed by atoms with E-state index in [0.717, 1.165) is 38.9 Å². The van der Waals surface area contributed by atoms with Crippen LogP contribution in [0.1, 0.15) is 36.5 Å². The van der Waals surface area contributed by atoms with Crippen molar-refractivity contribution in [1.82, 2.24) is 4.90 Å². The van der Waals surface area contributed by atoms with Crippen molar-refractivity contribution >= 4 is 23.5 Å². The van der Waals surface area contributed by atoms with Crippen LogP contribution in [0.4, 0.5) is 13.2 Å². The number of halogens is 4. The largest absolute Gasteiger partial charge is 0.491 e. The standard InChI is InChI=1S/C16H22ClNO4.C2HF3O2/c1-2-16(21)5-7-18(8-6-16)9-10-22-14-4-3-12(15(19)20)11-13(14)17;3-2(4,5)1(6)7/h3-4,11,21H,2,5-10H2,1H3,(H,19,20);(H,6,7). The summed E-state index contributed by atoms with van der Waals surface area (Å²) in [5.41, 5.74) is -0.361. The molecule has 2 rings (SSSR count). The number of hydrogen-bond donors (Lipinski definition) is 3. The third kappa shape index (κ3) is 8.46. The first-order chi connectivity index (χ1) is 13.4. The van der Waals surface area contributed by atoms with E-state index in [9.17, 15) is 23.1 Å². The van der Waals surface area contributed by atoms with Gasteiger partial charge in [0.05, 0.1) is 16.2 Å². The molecule has 7 nitrogen and oxygen atoms in total. The Morgan fingerprint density at radius 2 is 1.79 bits per heavy atom. The van der Waals surface area contributed by atoms with Gasteiger partial charge in [-0.15, -0.1) is 0 Å². The highest BCUT2D eigenvalue weighted by Crippen LogP contribution is 2.27. The number of likely N-dealkylation sites (tertiary alicyclic amines) is 1. The summed E-state index contributed by atoms with van der Waals surface area (Å²) in [5, 5.41) is 26.5. The number of aliphatic hydroxyl groups is 1. The molecular formula is C18H23ClF3NO6. The second kappa shape index (κ2) is 10.7. The molecule has 3 N–H and O–H groups in total. The van der Waals surface area contributed by atoms with Crippen LogP contribution in [0.2, 0.25) is 5.02 Å². The van der Waals surface area contributed by atoms with Crippen LogP contribution >= 0.6 is 11.6 Å². The zero-order valence-electron chi connectivity index (χ0n) is 15.7. The van der Waals surface area contributed by atoms with Crippen LogP contribution in [0.5, 0.6) is 5.75 Å². The van der Waals surface area contributed by atoms with E-state index < -0.39 is 23.7 Å². The number of ether oxygens (including phenoxy) is 1. The number of carboxylic acids is 2. The van der Waals surface area contributed by atoms with Gasteiger partial charge in [0.25, 0.3) is 0 Å². The van der Waals surface area contributed by atoms with Gasteiger partial charge in [-0.3, -0.25) is 4.90 Å². The second-order valence-electron chi connectivity index (χ2n) is 6.52. The molecule has 0 bridgehead atoms. The summed E-state index contributed by atoms with van der Waals surface area (Å²) in [6, 6.07) is 4.45. The Kier molecular flexibility index (Phi) is 9.18. The lowest BCUT2D eigenvalue weighted by atomic mass is 9.89. The third-order valence-electron chi connectivity index (χ3n) is 4.53. The zero-order chi connectivity index (χ0) is 22.2. The van der Waals surface area contributed by atoms with E-state index >= 15 is 0 Å². The minimum absolute atomic E-state index is 0.146. The highest BCUT2D eigenvalue weighted by atomic mass is 35.5. The minimum Gasteiger partial charge on any atom is -0.491 e. The van der Waals surface area contributed by atoms with Gasteiger partial charge in [-0.05, 0) is 37.5 Å². The summed E-state index contributed by atoms with van der Waals surface area (Å²) < 4.78 is 37.4. The van der Waals surface area contributed by atoms with Gasteiger partial charge in [0.1, 0.15) is 12.4 Å². The highest BCUT2D eigenvalue weighted by molar-refractivity contribution is 6.32. The van der Waals surface area contributed by atoms with Crippen molar-refractivity contribution in [3.63, 3.8) is 0 Å². The number of carbonyl (C=O) groups is 2. The van der Waals surface area contributed by atoms with Crippen LogP contribution in [0.3, 0.4) is 0 Å². The van der Waals surface area contributed by atoms with Crippen molar-refractivity contribution in [3.05, 3.63) is 28.8 Å². The van der Waals surface area contributed by atoms with Crippen molar-refractivity contribution < 1.29 is 42.8 Å². The summed E-state index contributed by atoms with van der Waals surface area (Å²) >= 11 is 6.02. The summed E-state index contributed by atoms with van der Waals surface area (Å²) in [5.74, 6) is -3.27. The molecule has 1 saturated heterocycles. The number of carboxylic acid groups (broad SMARTS) is 2. The minimum atomic E-state index is -5.08. The Balaban J connectivity index is 0.000000516. The average molecular weight is 442 g/mol. The van der Waals surface area contributed by atoms with Gasteiger partial charge >= 0.3 is 18.1 Å². The first-order valence-corrected chi connectivity index (χ1v) is 9.16. The lowest BCUT2D eigenvalue weighted by Gasteiger charge is -2.37. The van der Waals surface area contributed by atoms with Crippen LogP contribution in [0, 0.1) is 0 Å². The quantitative estimate of drug-likeness (QED) is 0.621. The number of rotatable bonds is 6. The summed E-state index contributed by atoms with van der Waals surface area (Å²) in [4.78, 5) is 22.0. The van der Waals surface area contributed by atoms with E-state index in [4.69, 9.17) is 31.3 Å². The molecule has 1 aliphatic rings. The predicted octanol–water partition coefficient (Wildman–Crippen LogP) is 3.29. The molecule has 1 aliphatic heterocycles. The molecule has 0 radical (unpaired) electrons. The molecule has 0 saturated carbocycles. The number of aromatic carboxylic acids is 1. The molecule has 1 heterocycles. The highest BCUT2D eigenvalue weighted by Gasteiger charge is 2.38. The molecule has 0 atom stereocenters. The van der Waals surface area contributed by atoms with Crippen LogP contribution in [0.25, 0.3) is 0 Å². The lowest BCUT2D eigenvalue weighted by Crippen LogP contribution is -2.45. The Hall–Kier alpha value is -2.04. The first-order valence-electron chi connectivity index (χ1n) is 8.78. The fraction of sp³-hybridized carbons (Fsp3) is 0.556. The fourth-order valence-electron chi connectivity index (χ4n) is 2.58. The number of hydrogen-bond acceptors (Lipinski definition) is 5. The average Bonchev–Trinajstić information content (AvgIpc) is 2.64. The van der Waals surface area contributed by atoms with E-state index in [-0.39, 0.29) is 5.56 Å². The van der Waals surface area contributed by atoms with E-state index in [1.165, 1.54) is 12.1 Å². The van der Waals surface area contributed by atoms with Crippen molar-refractivity contribution in [3.8, 4) is 5.75 Å². The molecule has 164 valence electrons. The molecule has 0 amide bonds. The smallest absolute Gasteiger partial charge is 0.490 e. The maximum Gasteiger partial charge on any atom is 0.490 e. The number of nitrogens with zero attached hydrogens (tertiary/aromatic N) is 1. The molecule has 29 heavy (non-hydrogen) atoms. The number of piperidine rings is 1. The van der Waals surface area contributed by atoms with Crippen molar-refractivity contribution in [2.75, 3.05) is 26.2 Å². The maximum absolute atomic E-state index is 10.8. The number of aliphatic carboxylic acids is 1. The first kappa shape index (κ1) is 25.0. The van der Waals surface area contributed by atoms with Crippen LogP contribution in [0.15, 0.2) is 18.2 Å². The molecule has 11 heteroatoms. The maximum atomic E-state index is 10.8. The molecule has 0 unspecified atom stereocenters.